The number of hydrogen-bond donors (Lipinski definition) is 1. The van der Waals surface area contributed by atoms with Gasteiger partial charge in [-0.25, -0.2) is 4.79 Å². The van der Waals surface area contributed by atoms with E-state index in [0.29, 0.717) is 17.7 Å². The molecule has 1 heterocycles. The Morgan fingerprint density at radius 1 is 1.08 bits per heavy atom. The Labute approximate surface area is 146 Å². The van der Waals surface area contributed by atoms with Crippen LogP contribution >= 0.6 is 0 Å². The van der Waals surface area contributed by atoms with Crippen LogP contribution in [-0.2, 0) is 11.2 Å². The van der Waals surface area contributed by atoms with Gasteiger partial charge in [-0.3, -0.25) is 19.4 Å². The van der Waals surface area contributed by atoms with Gasteiger partial charge in [0.25, 0.3) is 11.8 Å². The lowest BCUT2D eigenvalue weighted by Gasteiger charge is -2.17. The van der Waals surface area contributed by atoms with Gasteiger partial charge < -0.3 is 5.32 Å². The maximum atomic E-state index is 12.5. The number of nitrogens with one attached hydrogen (secondary N) is 1. The fourth-order valence-electron chi connectivity index (χ4n) is 2.82. The zero-order valence-corrected chi connectivity index (χ0v) is 13.9. The second kappa shape index (κ2) is 7.17. The van der Waals surface area contributed by atoms with Crippen LogP contribution in [0.2, 0.25) is 0 Å². The molecule has 0 aromatic heterocycles. The normalized spacial score (nSPS) is 14.1. The van der Waals surface area contributed by atoms with Crippen molar-refractivity contribution in [1.82, 2.24) is 10.2 Å². The highest BCUT2D eigenvalue weighted by molar-refractivity contribution is 6.12. The van der Waals surface area contributed by atoms with E-state index in [1.54, 1.807) is 25.2 Å². The van der Waals surface area contributed by atoms with Crippen molar-refractivity contribution in [1.29, 1.82) is 0 Å². The smallest absolute Gasteiger partial charge is 0.331 e. The maximum Gasteiger partial charge on any atom is 0.331 e. The van der Waals surface area contributed by atoms with Crippen molar-refractivity contribution < 1.29 is 14.4 Å². The molecule has 6 heteroatoms. The molecule has 1 saturated heterocycles. The summed E-state index contributed by atoms with van der Waals surface area (Å²) >= 11 is 0. The lowest BCUT2D eigenvalue weighted by molar-refractivity contribution is -0.124. The van der Waals surface area contributed by atoms with Gasteiger partial charge in [0.2, 0.25) is 0 Å². The van der Waals surface area contributed by atoms with Gasteiger partial charge in [0.1, 0.15) is 6.54 Å². The van der Waals surface area contributed by atoms with E-state index in [2.05, 4.69) is 5.32 Å². The van der Waals surface area contributed by atoms with Gasteiger partial charge in [0.05, 0.1) is 0 Å². The maximum absolute atomic E-state index is 12.5. The molecule has 25 heavy (non-hydrogen) atoms. The number of benzene rings is 2. The highest BCUT2D eigenvalue weighted by atomic mass is 16.2. The highest BCUT2D eigenvalue weighted by Crippen LogP contribution is 2.21. The van der Waals surface area contributed by atoms with E-state index < -0.39 is 0 Å². The number of amides is 4. The van der Waals surface area contributed by atoms with E-state index in [1.165, 1.54) is 9.80 Å². The number of carbonyl (C=O) groups excluding carboxylic acids is 3. The van der Waals surface area contributed by atoms with Crippen molar-refractivity contribution in [2.75, 3.05) is 25.0 Å². The number of nitrogens with zero attached hydrogens (tertiary/aromatic N) is 2. The number of rotatable bonds is 5. The summed E-state index contributed by atoms with van der Waals surface area (Å²) in [5.74, 6) is -0.373. The average Bonchev–Trinajstić information content (AvgIpc) is 2.94. The van der Waals surface area contributed by atoms with Gasteiger partial charge >= 0.3 is 6.03 Å². The predicted molar refractivity (Wildman–Crippen MR) is 94.4 cm³/mol. The molecule has 0 bridgehead atoms. The minimum absolute atomic E-state index is 0.0567. The van der Waals surface area contributed by atoms with Crippen molar-refractivity contribution in [2.24, 2.45) is 0 Å². The van der Waals surface area contributed by atoms with Crippen LogP contribution in [0.15, 0.2) is 54.6 Å². The molecular weight excluding hydrogens is 318 g/mol. The molecule has 2 aromatic carbocycles. The standard InChI is InChI=1S/C19H19N3O3/c1-20-18(24)15-7-5-6-14(12-15)10-11-21-17(23)13-22(19(21)25)16-8-3-2-4-9-16/h2-9,12H,10-11,13H2,1H3,(H,20,24). The van der Waals surface area contributed by atoms with Crippen LogP contribution in [-0.4, -0.2) is 42.9 Å². The first-order chi connectivity index (χ1) is 12.1. The molecule has 1 N–H and O–H groups in total. The van der Waals surface area contributed by atoms with Gasteiger partial charge in [-0.05, 0) is 36.2 Å². The lowest BCUT2D eigenvalue weighted by atomic mass is 10.1. The summed E-state index contributed by atoms with van der Waals surface area (Å²) in [5.41, 5.74) is 2.18. The number of imide groups is 1. The fraction of sp³-hybridized carbons (Fsp3) is 0.211. The summed E-state index contributed by atoms with van der Waals surface area (Å²) in [6.07, 6.45) is 0.505. The van der Waals surface area contributed by atoms with Gasteiger partial charge in [-0.2, -0.15) is 0 Å². The third kappa shape index (κ3) is 3.52. The number of para-hydroxylation sites is 1. The first-order valence-corrected chi connectivity index (χ1v) is 8.08. The van der Waals surface area contributed by atoms with Crippen LogP contribution in [0, 0.1) is 0 Å². The van der Waals surface area contributed by atoms with E-state index in [9.17, 15) is 14.4 Å². The molecule has 128 valence electrons. The molecule has 1 aliphatic heterocycles. The Bertz CT molecular complexity index is 805. The summed E-state index contributed by atoms with van der Waals surface area (Å²) < 4.78 is 0. The van der Waals surface area contributed by atoms with Crippen LogP contribution < -0.4 is 10.2 Å². The van der Waals surface area contributed by atoms with E-state index >= 15 is 0 Å². The monoisotopic (exact) mass is 337 g/mol. The molecule has 1 aliphatic rings. The van der Waals surface area contributed by atoms with Crippen molar-refractivity contribution in [3.63, 3.8) is 0 Å². The quantitative estimate of drug-likeness (QED) is 0.849. The summed E-state index contributed by atoms with van der Waals surface area (Å²) in [6, 6.07) is 16.0. The SMILES string of the molecule is CNC(=O)c1cccc(CCN2C(=O)CN(c3ccccc3)C2=O)c1. The predicted octanol–water partition coefficient (Wildman–Crippen LogP) is 2.06. The Balaban J connectivity index is 1.68. The number of hydrogen-bond acceptors (Lipinski definition) is 3. The van der Waals surface area contributed by atoms with Crippen LogP contribution in [0.4, 0.5) is 10.5 Å². The van der Waals surface area contributed by atoms with Crippen molar-refractivity contribution >= 4 is 23.5 Å². The second-order valence-electron chi connectivity index (χ2n) is 5.78. The zero-order valence-electron chi connectivity index (χ0n) is 13.9. The molecule has 6 nitrogen and oxygen atoms in total. The molecular formula is C19H19N3O3. The first-order valence-electron chi connectivity index (χ1n) is 8.08. The Hall–Kier alpha value is -3.15. The number of urea groups is 1. The van der Waals surface area contributed by atoms with Crippen LogP contribution in [0.1, 0.15) is 15.9 Å². The molecule has 0 radical (unpaired) electrons. The Morgan fingerprint density at radius 2 is 1.84 bits per heavy atom. The van der Waals surface area contributed by atoms with Crippen LogP contribution in [0.25, 0.3) is 0 Å². The molecule has 0 aliphatic carbocycles. The Kier molecular flexibility index (Phi) is 4.79. The topological polar surface area (TPSA) is 69.7 Å². The van der Waals surface area contributed by atoms with Gasteiger partial charge in [0, 0.05) is 24.8 Å². The van der Waals surface area contributed by atoms with Crippen molar-refractivity contribution in [3.05, 3.63) is 65.7 Å². The van der Waals surface area contributed by atoms with Crippen LogP contribution in [0.3, 0.4) is 0 Å². The molecule has 0 saturated carbocycles. The summed E-state index contributed by atoms with van der Waals surface area (Å²) in [5, 5.41) is 2.58. The van der Waals surface area contributed by atoms with E-state index in [-0.39, 0.29) is 30.9 Å². The lowest BCUT2D eigenvalue weighted by Crippen LogP contribution is -2.34. The average molecular weight is 337 g/mol. The molecule has 0 spiro atoms. The summed E-state index contributed by atoms with van der Waals surface area (Å²) in [7, 11) is 1.58. The van der Waals surface area contributed by atoms with Gasteiger partial charge in [-0.1, -0.05) is 30.3 Å². The summed E-state index contributed by atoms with van der Waals surface area (Å²) in [4.78, 5) is 39.2. The molecule has 0 atom stereocenters. The summed E-state index contributed by atoms with van der Waals surface area (Å²) in [6.45, 7) is 0.347. The molecule has 0 unspecified atom stereocenters. The molecule has 1 fully saturated rings. The zero-order chi connectivity index (χ0) is 17.8. The fourth-order valence-corrected chi connectivity index (χ4v) is 2.82. The van der Waals surface area contributed by atoms with Crippen LogP contribution in [0.5, 0.6) is 0 Å². The highest BCUT2D eigenvalue weighted by Gasteiger charge is 2.36. The number of anilines is 1. The third-order valence-corrected chi connectivity index (χ3v) is 4.16. The van der Waals surface area contributed by atoms with Gasteiger partial charge in [-0.15, -0.1) is 0 Å². The van der Waals surface area contributed by atoms with E-state index in [1.807, 2.05) is 36.4 Å². The molecule has 4 amide bonds. The van der Waals surface area contributed by atoms with E-state index in [0.717, 1.165) is 5.56 Å². The van der Waals surface area contributed by atoms with Crippen molar-refractivity contribution in [2.45, 2.75) is 6.42 Å². The first kappa shape index (κ1) is 16.7. The Morgan fingerprint density at radius 3 is 2.56 bits per heavy atom. The van der Waals surface area contributed by atoms with E-state index in [4.69, 9.17) is 0 Å². The van der Waals surface area contributed by atoms with Crippen molar-refractivity contribution in [3.8, 4) is 0 Å². The third-order valence-electron chi connectivity index (χ3n) is 4.16. The second-order valence-corrected chi connectivity index (χ2v) is 5.78. The minimum Gasteiger partial charge on any atom is -0.355 e. The molecule has 3 rings (SSSR count). The largest absolute Gasteiger partial charge is 0.355 e. The van der Waals surface area contributed by atoms with Gasteiger partial charge in [0.15, 0.2) is 0 Å². The minimum atomic E-state index is -0.307. The number of carbonyl (C=O) groups is 3. The molecule has 2 aromatic rings.